The van der Waals surface area contributed by atoms with Crippen molar-refractivity contribution in [3.05, 3.63) is 89.0 Å². The van der Waals surface area contributed by atoms with E-state index in [0.717, 1.165) is 222 Å². The maximum absolute atomic E-state index is 15.1. The predicted octanol–water partition coefficient (Wildman–Crippen LogP) is 21.7. The van der Waals surface area contributed by atoms with E-state index in [4.69, 9.17) is 14.0 Å². The number of hydrogen-bond acceptors (Lipinski definition) is 3. The highest BCUT2D eigenvalue weighted by Gasteiger charge is 2.43. The van der Waals surface area contributed by atoms with Gasteiger partial charge in [-0.1, -0.05) is 182 Å². The van der Waals surface area contributed by atoms with Crippen LogP contribution in [0.25, 0.3) is 0 Å². The van der Waals surface area contributed by atoms with Gasteiger partial charge in [-0.05, 0) is 112 Å². The zero-order valence-corrected chi connectivity index (χ0v) is 46.3. The van der Waals surface area contributed by atoms with Crippen LogP contribution in [0.3, 0.4) is 0 Å². The van der Waals surface area contributed by atoms with Gasteiger partial charge < -0.3 is 18.4 Å². The third kappa shape index (κ3) is 26.6. The number of hydrogen-bond donors (Lipinski definition) is 0. The first-order valence-corrected chi connectivity index (χ1v) is 29.4. The normalized spacial score (nSPS) is 12.8. The first-order valence-electron chi connectivity index (χ1n) is 29.4. The van der Waals surface area contributed by atoms with E-state index >= 15 is 13.2 Å². The van der Waals surface area contributed by atoms with Crippen LogP contribution in [-0.2, 0) is 18.5 Å². The molecule has 426 valence electrons. The van der Waals surface area contributed by atoms with Crippen LogP contribution in [0, 0.1) is 0 Å². The zero-order valence-electron chi connectivity index (χ0n) is 46.3. The van der Waals surface area contributed by atoms with E-state index < -0.39 is 48.6 Å². The Morgan fingerprint density at radius 1 is 0.360 bits per heavy atom. The van der Waals surface area contributed by atoms with Gasteiger partial charge in [0.1, 0.15) is 23.3 Å². The topological polar surface area (TPSA) is 27.7 Å². The van der Waals surface area contributed by atoms with Gasteiger partial charge in [0.15, 0.2) is 0 Å². The summed E-state index contributed by atoms with van der Waals surface area (Å²) in [5.41, 5.74) is -2.36. The van der Waals surface area contributed by atoms with E-state index in [-0.39, 0.29) is 17.2 Å². The summed E-state index contributed by atoms with van der Waals surface area (Å²) in [5, 5.41) is 0. The molecule has 3 rings (SSSR count). The fourth-order valence-corrected chi connectivity index (χ4v) is 10.4. The molecule has 4 nitrogen and oxygen atoms in total. The SMILES string of the molecule is CCCCCCCCCCCCCCCC(c1cc(C(F)(F)F)ccc1OB(Oc1ccc(C(F)(F)F)cc1)Oc1ccc(C(F)(F)F)cc1)[N+](CCCCCCCC)(CCCCCCCC)CCCCCCCC. The van der Waals surface area contributed by atoms with Gasteiger partial charge in [0.05, 0.1) is 41.9 Å². The van der Waals surface area contributed by atoms with E-state index in [0.29, 0.717) is 16.5 Å². The molecule has 14 heteroatoms. The fourth-order valence-electron chi connectivity index (χ4n) is 10.4. The lowest BCUT2D eigenvalue weighted by Crippen LogP contribution is -2.53. The Bertz CT molecular complexity index is 1790. The number of unbranched alkanes of at least 4 members (excludes halogenated alkanes) is 27. The second kappa shape index (κ2) is 36.5. The molecule has 0 spiro atoms. The standard InChI is InChI=1S/C61H94BF9NO3/c1-5-9-13-17-21-22-23-24-25-26-27-28-32-36-57(72(47-33-29-18-14-10-6-2,48-34-30-19-15-11-7-3)49-35-31-20-16-12-8-4)56-50-53(61(69,70)71)41-46-58(56)75-62(73-54-42-37-51(38-43-54)59(63,64)65)74-55-44-39-52(40-45-55)60(66,67)68/h37-46,50,57H,5-36,47-49H2,1-4H3/q+1. The minimum absolute atomic E-state index is 0.0582. The van der Waals surface area contributed by atoms with Crippen molar-refractivity contribution in [3.63, 3.8) is 0 Å². The van der Waals surface area contributed by atoms with E-state index in [9.17, 15) is 26.3 Å². The number of benzene rings is 3. The maximum Gasteiger partial charge on any atom is 0.864 e. The van der Waals surface area contributed by atoms with E-state index in [1.165, 1.54) is 63.5 Å². The summed E-state index contributed by atoms with van der Waals surface area (Å²) in [6.45, 7) is 11.1. The Morgan fingerprint density at radius 3 is 0.973 bits per heavy atom. The molecule has 1 unspecified atom stereocenters. The molecule has 0 aliphatic rings. The molecule has 0 saturated heterocycles. The monoisotopic (exact) mass is 1070 g/mol. The van der Waals surface area contributed by atoms with Gasteiger partial charge in [0, 0.05) is 6.42 Å². The Labute approximate surface area is 447 Å². The van der Waals surface area contributed by atoms with Crippen molar-refractivity contribution in [2.75, 3.05) is 19.6 Å². The molecular weight excluding hydrogens is 976 g/mol. The molecule has 3 aromatic carbocycles. The van der Waals surface area contributed by atoms with Crippen LogP contribution in [0.4, 0.5) is 39.5 Å². The number of halogens is 9. The van der Waals surface area contributed by atoms with Crippen molar-refractivity contribution in [3.8, 4) is 17.2 Å². The first-order chi connectivity index (χ1) is 36.0. The fraction of sp³-hybridized carbons (Fsp3) is 0.705. The molecule has 0 amide bonds. The maximum atomic E-state index is 15.1. The van der Waals surface area contributed by atoms with Crippen LogP contribution >= 0.6 is 0 Å². The highest BCUT2D eigenvalue weighted by Crippen LogP contribution is 2.44. The van der Waals surface area contributed by atoms with Crippen LogP contribution in [0.1, 0.15) is 261 Å². The Balaban J connectivity index is 2.19. The number of rotatable bonds is 43. The van der Waals surface area contributed by atoms with Crippen molar-refractivity contribution in [2.45, 2.75) is 258 Å². The zero-order chi connectivity index (χ0) is 54.8. The summed E-state index contributed by atoms with van der Waals surface area (Å²) in [4.78, 5) is 0. The molecule has 75 heavy (non-hydrogen) atoms. The molecule has 0 aromatic heterocycles. The van der Waals surface area contributed by atoms with Crippen LogP contribution in [0.5, 0.6) is 17.2 Å². The average molecular weight is 1070 g/mol. The summed E-state index contributed by atoms with van der Waals surface area (Å²) >= 11 is 0. The van der Waals surface area contributed by atoms with Gasteiger partial charge in [-0.3, -0.25) is 0 Å². The summed E-state index contributed by atoms with van der Waals surface area (Å²) in [6.07, 6.45) is 20.8. The highest BCUT2D eigenvalue weighted by molar-refractivity contribution is 6.39. The number of alkyl halides is 9. The lowest BCUT2D eigenvalue weighted by molar-refractivity contribution is -0.958. The molecule has 0 radical (unpaired) electrons. The summed E-state index contributed by atoms with van der Waals surface area (Å²) in [7, 11) is -1.83. The molecule has 0 bridgehead atoms. The van der Waals surface area contributed by atoms with Crippen LogP contribution < -0.4 is 14.0 Å². The minimum Gasteiger partial charge on any atom is -0.490 e. The molecule has 0 aliphatic heterocycles. The third-order valence-corrected chi connectivity index (χ3v) is 14.9. The van der Waals surface area contributed by atoms with E-state index in [2.05, 4.69) is 27.7 Å². The molecule has 1 atom stereocenters. The highest BCUT2D eigenvalue weighted by atomic mass is 19.4. The second-order valence-corrected chi connectivity index (χ2v) is 21.2. The van der Waals surface area contributed by atoms with Crippen LogP contribution in [0.2, 0.25) is 0 Å². The van der Waals surface area contributed by atoms with Crippen molar-refractivity contribution in [1.29, 1.82) is 0 Å². The molecule has 0 fully saturated rings. The van der Waals surface area contributed by atoms with Gasteiger partial charge in [-0.2, -0.15) is 39.5 Å². The molecular formula is C61H94BF9NO3+. The van der Waals surface area contributed by atoms with Crippen LogP contribution in [0.15, 0.2) is 66.7 Å². The average Bonchev–Trinajstić information content (AvgIpc) is 3.36. The molecule has 0 aliphatic carbocycles. The summed E-state index contributed by atoms with van der Waals surface area (Å²) in [5.74, 6) is -0.171. The second-order valence-electron chi connectivity index (χ2n) is 21.2. The van der Waals surface area contributed by atoms with Crippen molar-refractivity contribution >= 4 is 7.32 Å². The molecule has 3 aromatic rings. The lowest BCUT2D eigenvalue weighted by Gasteiger charge is -2.46. The minimum atomic E-state index is -4.70. The van der Waals surface area contributed by atoms with Gasteiger partial charge in [-0.25, -0.2) is 0 Å². The van der Waals surface area contributed by atoms with Gasteiger partial charge >= 0.3 is 25.9 Å². The van der Waals surface area contributed by atoms with E-state index in [1.54, 1.807) is 0 Å². The Hall–Kier alpha value is -3.55. The van der Waals surface area contributed by atoms with Gasteiger partial charge in [-0.15, -0.1) is 0 Å². The largest absolute Gasteiger partial charge is 0.864 e. The number of quaternary nitrogens is 1. The third-order valence-electron chi connectivity index (χ3n) is 14.9. The van der Waals surface area contributed by atoms with Crippen LogP contribution in [-0.4, -0.2) is 31.4 Å². The summed E-state index contributed by atoms with van der Waals surface area (Å²) < 4.78 is 146. The quantitative estimate of drug-likeness (QED) is 0.0245. The Kier molecular flexibility index (Phi) is 32.0. The van der Waals surface area contributed by atoms with E-state index in [1.807, 2.05) is 0 Å². The lowest BCUT2D eigenvalue weighted by atomic mass is 9.91. The predicted molar refractivity (Wildman–Crippen MR) is 290 cm³/mol. The van der Waals surface area contributed by atoms with Gasteiger partial charge in [0.2, 0.25) is 0 Å². The first kappa shape index (κ1) is 65.7. The Morgan fingerprint density at radius 2 is 0.653 bits per heavy atom. The molecule has 0 heterocycles. The van der Waals surface area contributed by atoms with Crippen molar-refractivity contribution in [2.24, 2.45) is 0 Å². The smallest absolute Gasteiger partial charge is 0.490 e. The van der Waals surface area contributed by atoms with Crippen molar-refractivity contribution < 1.29 is 58.0 Å². The molecule has 0 N–H and O–H groups in total. The van der Waals surface area contributed by atoms with Crippen molar-refractivity contribution in [1.82, 2.24) is 0 Å². The van der Waals surface area contributed by atoms with Gasteiger partial charge in [0.25, 0.3) is 0 Å². The summed E-state index contributed by atoms with van der Waals surface area (Å²) in [6, 6.07) is 10.6. The molecule has 0 saturated carbocycles. The number of nitrogens with zero attached hydrogens (tertiary/aromatic N) is 1.